The van der Waals surface area contributed by atoms with Crippen LogP contribution >= 0.6 is 0 Å². The van der Waals surface area contributed by atoms with E-state index in [9.17, 15) is 0 Å². The first-order valence-electron chi connectivity index (χ1n) is 22.2. The minimum absolute atomic E-state index is 0.365. The van der Waals surface area contributed by atoms with E-state index in [0.29, 0.717) is 5.84 Å². The molecular formula is C61H39N3O. The van der Waals surface area contributed by atoms with Crippen molar-refractivity contribution in [2.75, 3.05) is 0 Å². The van der Waals surface area contributed by atoms with Crippen molar-refractivity contribution in [1.29, 1.82) is 0 Å². The fourth-order valence-corrected chi connectivity index (χ4v) is 10.1. The Morgan fingerprint density at radius 2 is 0.892 bits per heavy atom. The number of amidine groups is 2. The van der Waals surface area contributed by atoms with Crippen molar-refractivity contribution in [1.82, 2.24) is 5.32 Å². The van der Waals surface area contributed by atoms with Crippen LogP contribution in [0, 0.1) is 0 Å². The summed E-state index contributed by atoms with van der Waals surface area (Å²) in [4.78, 5) is 10.3. The number of fused-ring (bicyclic) bond motifs is 10. The second-order valence-corrected chi connectivity index (χ2v) is 16.8. The molecule has 0 fully saturated rings. The molecule has 2 heterocycles. The molecule has 13 rings (SSSR count). The van der Waals surface area contributed by atoms with Gasteiger partial charge in [-0.2, -0.15) is 0 Å². The third kappa shape index (κ3) is 6.14. The van der Waals surface area contributed by atoms with Crippen LogP contribution in [0.2, 0.25) is 0 Å². The van der Waals surface area contributed by atoms with Gasteiger partial charge in [-0.15, -0.1) is 0 Å². The second-order valence-electron chi connectivity index (χ2n) is 16.8. The SMILES string of the molecule is c1ccc(C2=NC(c3ccc(-c4ccc5oc6ccccc6c5c4-c4ccc(-c5ccc6c7ccccc7c7ccccc7c6c5)cc4)c4ccccc34)NC(c3ccccc3)=N2)cc1. The molecule has 1 unspecified atom stereocenters. The molecule has 0 aliphatic carbocycles. The van der Waals surface area contributed by atoms with Gasteiger partial charge in [0.2, 0.25) is 0 Å². The lowest BCUT2D eigenvalue weighted by Gasteiger charge is -2.25. The smallest absolute Gasteiger partial charge is 0.159 e. The average molecular weight is 830 g/mol. The normalized spacial score (nSPS) is 14.0. The first kappa shape index (κ1) is 37.0. The summed E-state index contributed by atoms with van der Waals surface area (Å²) in [5, 5.41) is 15.8. The zero-order valence-corrected chi connectivity index (χ0v) is 35.2. The molecule has 0 spiro atoms. The van der Waals surface area contributed by atoms with Crippen LogP contribution in [0.1, 0.15) is 22.9 Å². The summed E-state index contributed by atoms with van der Waals surface area (Å²) in [5.41, 5.74) is 11.7. The number of hydrogen-bond donors (Lipinski definition) is 1. The summed E-state index contributed by atoms with van der Waals surface area (Å²) in [6.45, 7) is 0. The zero-order chi connectivity index (χ0) is 42.8. The molecule has 0 radical (unpaired) electrons. The van der Waals surface area contributed by atoms with Gasteiger partial charge in [0, 0.05) is 33.0 Å². The number of aliphatic imine (C=N–C) groups is 2. The third-order valence-electron chi connectivity index (χ3n) is 13.2. The van der Waals surface area contributed by atoms with Crippen molar-refractivity contribution in [3.05, 3.63) is 241 Å². The molecule has 0 amide bonds. The summed E-state index contributed by atoms with van der Waals surface area (Å²) in [7, 11) is 0. The number of furan rings is 1. The molecule has 304 valence electrons. The lowest BCUT2D eigenvalue weighted by atomic mass is 9.86. The molecule has 0 saturated carbocycles. The lowest BCUT2D eigenvalue weighted by molar-refractivity contribution is 0.669. The van der Waals surface area contributed by atoms with Crippen molar-refractivity contribution >= 4 is 76.7 Å². The van der Waals surface area contributed by atoms with Crippen LogP contribution in [-0.4, -0.2) is 11.7 Å². The van der Waals surface area contributed by atoms with Crippen LogP contribution in [0.4, 0.5) is 0 Å². The van der Waals surface area contributed by atoms with Crippen LogP contribution < -0.4 is 5.32 Å². The van der Waals surface area contributed by atoms with Crippen molar-refractivity contribution in [3.8, 4) is 33.4 Å². The van der Waals surface area contributed by atoms with Crippen LogP contribution in [0.5, 0.6) is 0 Å². The highest BCUT2D eigenvalue weighted by Gasteiger charge is 2.25. The number of nitrogens with zero attached hydrogens (tertiary/aromatic N) is 2. The van der Waals surface area contributed by atoms with Gasteiger partial charge in [0.05, 0.1) is 0 Å². The van der Waals surface area contributed by atoms with Crippen LogP contribution in [0.3, 0.4) is 0 Å². The molecule has 4 heteroatoms. The van der Waals surface area contributed by atoms with E-state index in [-0.39, 0.29) is 6.17 Å². The average Bonchev–Trinajstić information content (AvgIpc) is 3.77. The van der Waals surface area contributed by atoms with Crippen molar-refractivity contribution < 1.29 is 4.42 Å². The van der Waals surface area contributed by atoms with Gasteiger partial charge in [-0.3, -0.25) is 0 Å². The number of benzene rings is 11. The summed E-state index contributed by atoms with van der Waals surface area (Å²) >= 11 is 0. The molecular weight excluding hydrogens is 791 g/mol. The van der Waals surface area contributed by atoms with E-state index in [1.165, 1.54) is 43.4 Å². The Kier molecular flexibility index (Phi) is 8.56. The highest BCUT2D eigenvalue weighted by molar-refractivity contribution is 6.26. The van der Waals surface area contributed by atoms with Crippen LogP contribution in [0.25, 0.3) is 98.4 Å². The van der Waals surface area contributed by atoms with E-state index in [0.717, 1.165) is 77.5 Å². The van der Waals surface area contributed by atoms with Crippen LogP contribution in [0.15, 0.2) is 239 Å². The van der Waals surface area contributed by atoms with E-state index in [1.807, 2.05) is 42.5 Å². The van der Waals surface area contributed by atoms with E-state index in [4.69, 9.17) is 14.4 Å². The van der Waals surface area contributed by atoms with Gasteiger partial charge < -0.3 is 9.73 Å². The standard InChI is InChI=1S/C61H39N3O/c1-3-15-40(16-4-1)59-62-60(41-17-5-2-6-18-41)64-61(63-59)52-34-33-49(46-22-9-11-23-47(46)52)51-35-36-56-58(53-25-13-14-26-55(53)65-56)57(51)39-29-27-38(28-30-39)42-31-32-50-45-21-8-7-19-43(45)44-20-10-12-24-48(44)54(50)37-42/h1-37,61H,(H,62,63,64). The van der Waals surface area contributed by atoms with Gasteiger partial charge in [0.1, 0.15) is 23.2 Å². The first-order chi connectivity index (χ1) is 32.2. The predicted molar refractivity (Wildman–Crippen MR) is 272 cm³/mol. The Morgan fingerprint density at radius 3 is 1.60 bits per heavy atom. The number of rotatable bonds is 6. The maximum Gasteiger partial charge on any atom is 0.159 e. The van der Waals surface area contributed by atoms with Gasteiger partial charge in [0.15, 0.2) is 5.84 Å². The molecule has 0 saturated heterocycles. The highest BCUT2D eigenvalue weighted by atomic mass is 16.3. The summed E-state index contributed by atoms with van der Waals surface area (Å²) in [6.07, 6.45) is -0.365. The molecule has 1 atom stereocenters. The Labute approximate surface area is 375 Å². The minimum atomic E-state index is -0.365. The number of para-hydroxylation sites is 1. The second kappa shape index (κ2) is 15.0. The maximum absolute atomic E-state index is 6.55. The largest absolute Gasteiger partial charge is 0.456 e. The van der Waals surface area contributed by atoms with E-state index in [1.54, 1.807) is 0 Å². The van der Waals surface area contributed by atoms with E-state index in [2.05, 4.69) is 187 Å². The highest BCUT2D eigenvalue weighted by Crippen LogP contribution is 2.46. The number of nitrogens with one attached hydrogen (secondary N) is 1. The van der Waals surface area contributed by atoms with Crippen LogP contribution in [-0.2, 0) is 0 Å². The molecule has 1 aromatic heterocycles. The summed E-state index contributed by atoms with van der Waals surface area (Å²) in [6, 6.07) is 80.1. The third-order valence-corrected chi connectivity index (χ3v) is 13.2. The van der Waals surface area contributed by atoms with Gasteiger partial charge >= 0.3 is 0 Å². The number of hydrogen-bond acceptors (Lipinski definition) is 4. The Balaban J connectivity index is 0.963. The van der Waals surface area contributed by atoms with Gasteiger partial charge in [-0.25, -0.2) is 9.98 Å². The zero-order valence-electron chi connectivity index (χ0n) is 35.2. The molecule has 1 aliphatic rings. The quantitative estimate of drug-likeness (QED) is 0.170. The van der Waals surface area contributed by atoms with E-state index < -0.39 is 0 Å². The fraction of sp³-hybridized carbons (Fsp3) is 0.0164. The monoisotopic (exact) mass is 829 g/mol. The predicted octanol–water partition coefficient (Wildman–Crippen LogP) is 15.7. The van der Waals surface area contributed by atoms with E-state index >= 15 is 0 Å². The molecule has 11 aromatic carbocycles. The molecule has 0 bridgehead atoms. The van der Waals surface area contributed by atoms with Gasteiger partial charge in [0.25, 0.3) is 0 Å². The fourth-order valence-electron chi connectivity index (χ4n) is 10.1. The Bertz CT molecular complexity index is 3870. The molecule has 1 N–H and O–H groups in total. The first-order valence-corrected chi connectivity index (χ1v) is 22.2. The molecule has 1 aliphatic heterocycles. The van der Waals surface area contributed by atoms with Crippen molar-refractivity contribution in [2.24, 2.45) is 9.98 Å². The minimum Gasteiger partial charge on any atom is -0.456 e. The van der Waals surface area contributed by atoms with Gasteiger partial charge in [-0.1, -0.05) is 200 Å². The van der Waals surface area contributed by atoms with Crippen molar-refractivity contribution in [2.45, 2.75) is 6.17 Å². The van der Waals surface area contributed by atoms with Crippen molar-refractivity contribution in [3.63, 3.8) is 0 Å². The molecule has 65 heavy (non-hydrogen) atoms. The lowest BCUT2D eigenvalue weighted by Crippen LogP contribution is -2.33. The summed E-state index contributed by atoms with van der Waals surface area (Å²) in [5.74, 6) is 1.50. The topological polar surface area (TPSA) is 49.9 Å². The summed E-state index contributed by atoms with van der Waals surface area (Å²) < 4.78 is 6.55. The Morgan fingerprint density at radius 1 is 0.354 bits per heavy atom. The molecule has 12 aromatic rings. The maximum atomic E-state index is 6.55. The van der Waals surface area contributed by atoms with Gasteiger partial charge in [-0.05, 0) is 95.2 Å². The Hall–Kier alpha value is -8.60. The molecule has 4 nitrogen and oxygen atoms in total.